The van der Waals surface area contributed by atoms with Gasteiger partial charge in [-0.25, -0.2) is 0 Å². The molecule has 2 rings (SSSR count). The lowest BCUT2D eigenvalue weighted by molar-refractivity contribution is 0.901. The average molecular weight is 192 g/mol. The van der Waals surface area contributed by atoms with Crippen LogP contribution in [0.2, 0.25) is 0 Å². The van der Waals surface area contributed by atoms with Crippen LogP contribution in [0.25, 0.3) is 11.4 Å². The molecule has 0 aliphatic rings. The number of thiazole rings is 1. The Morgan fingerprint density at radius 3 is 2.85 bits per heavy atom. The van der Waals surface area contributed by atoms with Crippen LogP contribution in [0.1, 0.15) is 0 Å². The third-order valence-electron chi connectivity index (χ3n) is 1.83. The molecule has 13 heavy (non-hydrogen) atoms. The van der Waals surface area contributed by atoms with Gasteiger partial charge in [0.25, 0.3) is 0 Å². The first-order chi connectivity index (χ1) is 6.29. The van der Waals surface area contributed by atoms with Crippen LogP contribution in [0.4, 0.5) is 0 Å². The summed E-state index contributed by atoms with van der Waals surface area (Å²) in [5, 5.41) is 1.82. The van der Waals surface area contributed by atoms with E-state index in [0.717, 1.165) is 11.4 Å². The van der Waals surface area contributed by atoms with E-state index in [4.69, 9.17) is 0 Å². The van der Waals surface area contributed by atoms with E-state index in [0.29, 0.717) is 0 Å². The topological polar surface area (TPSA) is 34.9 Å². The highest BCUT2D eigenvalue weighted by atomic mass is 32.1. The number of hydrogen-bond donors (Lipinski definition) is 0. The van der Waals surface area contributed by atoms with Gasteiger partial charge in [-0.15, -0.1) is 0 Å². The van der Waals surface area contributed by atoms with Crippen LogP contribution in [0.15, 0.2) is 34.6 Å². The number of hydrogen-bond acceptors (Lipinski definition) is 3. The molecule has 2 aromatic rings. The molecular weight excluding hydrogens is 184 g/mol. The van der Waals surface area contributed by atoms with Crippen molar-refractivity contribution in [1.29, 1.82) is 0 Å². The highest BCUT2D eigenvalue weighted by molar-refractivity contribution is 7.07. The fourth-order valence-corrected chi connectivity index (χ4v) is 1.86. The summed E-state index contributed by atoms with van der Waals surface area (Å²) >= 11 is 1.19. The van der Waals surface area contributed by atoms with Crippen LogP contribution in [0.3, 0.4) is 0 Å². The van der Waals surface area contributed by atoms with Crippen molar-refractivity contribution in [3.63, 3.8) is 0 Å². The van der Waals surface area contributed by atoms with E-state index >= 15 is 0 Å². The standard InChI is InChI=1S/C9H8N2OS/c1-11-8(6-13-9(11)12)7-4-2-3-5-10-7/h2-6H,1H3. The van der Waals surface area contributed by atoms with Gasteiger partial charge < -0.3 is 4.57 Å². The summed E-state index contributed by atoms with van der Waals surface area (Å²) in [5.74, 6) is 0. The van der Waals surface area contributed by atoms with Crippen LogP contribution in [-0.2, 0) is 7.05 Å². The maximum absolute atomic E-state index is 11.2. The van der Waals surface area contributed by atoms with Crippen LogP contribution >= 0.6 is 11.3 Å². The molecular formula is C9H8N2OS. The number of pyridine rings is 1. The molecule has 0 aliphatic heterocycles. The van der Waals surface area contributed by atoms with Crippen molar-refractivity contribution < 1.29 is 0 Å². The minimum atomic E-state index is 0.0423. The summed E-state index contributed by atoms with van der Waals surface area (Å²) < 4.78 is 1.60. The molecule has 0 radical (unpaired) electrons. The maximum atomic E-state index is 11.2. The Balaban J connectivity index is 2.60. The van der Waals surface area contributed by atoms with Crippen molar-refractivity contribution in [3.05, 3.63) is 39.4 Å². The van der Waals surface area contributed by atoms with Gasteiger partial charge in [-0.05, 0) is 12.1 Å². The smallest absolute Gasteiger partial charge is 0.300 e. The molecule has 0 fully saturated rings. The van der Waals surface area contributed by atoms with E-state index in [1.807, 2.05) is 23.6 Å². The Labute approximate surface area is 79.3 Å². The highest BCUT2D eigenvalue weighted by Crippen LogP contribution is 2.15. The first-order valence-electron chi connectivity index (χ1n) is 3.85. The molecule has 0 spiro atoms. The average Bonchev–Trinajstić information content (AvgIpc) is 2.49. The van der Waals surface area contributed by atoms with Gasteiger partial charge in [-0.2, -0.15) is 0 Å². The van der Waals surface area contributed by atoms with Gasteiger partial charge in [0.15, 0.2) is 0 Å². The van der Waals surface area contributed by atoms with E-state index in [2.05, 4.69) is 4.98 Å². The molecule has 3 nitrogen and oxygen atoms in total. The van der Waals surface area contributed by atoms with E-state index < -0.39 is 0 Å². The van der Waals surface area contributed by atoms with E-state index in [1.165, 1.54) is 11.3 Å². The van der Waals surface area contributed by atoms with Crippen LogP contribution in [-0.4, -0.2) is 9.55 Å². The maximum Gasteiger partial charge on any atom is 0.307 e. The second-order valence-electron chi connectivity index (χ2n) is 2.66. The van der Waals surface area contributed by atoms with Crippen LogP contribution < -0.4 is 4.87 Å². The van der Waals surface area contributed by atoms with E-state index in [9.17, 15) is 4.79 Å². The molecule has 0 amide bonds. The molecule has 0 saturated heterocycles. The van der Waals surface area contributed by atoms with E-state index in [-0.39, 0.29) is 4.87 Å². The summed E-state index contributed by atoms with van der Waals surface area (Å²) in [5.41, 5.74) is 1.71. The lowest BCUT2D eigenvalue weighted by Crippen LogP contribution is -2.08. The Morgan fingerprint density at radius 2 is 2.31 bits per heavy atom. The molecule has 4 heteroatoms. The van der Waals surface area contributed by atoms with Crippen LogP contribution in [0, 0.1) is 0 Å². The minimum absolute atomic E-state index is 0.0423. The van der Waals surface area contributed by atoms with Gasteiger partial charge in [0.1, 0.15) is 0 Å². The lowest BCUT2D eigenvalue weighted by atomic mass is 10.3. The quantitative estimate of drug-likeness (QED) is 0.686. The van der Waals surface area contributed by atoms with Crippen molar-refractivity contribution in [3.8, 4) is 11.4 Å². The zero-order valence-corrected chi connectivity index (χ0v) is 7.91. The molecule has 0 N–H and O–H groups in total. The number of rotatable bonds is 1. The van der Waals surface area contributed by atoms with Gasteiger partial charge in [0.05, 0.1) is 11.4 Å². The Hall–Kier alpha value is -1.42. The summed E-state index contributed by atoms with van der Waals surface area (Å²) in [6.45, 7) is 0. The molecule has 0 atom stereocenters. The third kappa shape index (κ3) is 1.40. The molecule has 2 heterocycles. The zero-order chi connectivity index (χ0) is 9.26. The first-order valence-corrected chi connectivity index (χ1v) is 4.73. The van der Waals surface area contributed by atoms with Gasteiger partial charge in [0.2, 0.25) is 0 Å². The Bertz CT molecular complexity index is 458. The third-order valence-corrected chi connectivity index (χ3v) is 2.65. The van der Waals surface area contributed by atoms with Crippen molar-refractivity contribution in [1.82, 2.24) is 9.55 Å². The molecule has 0 unspecified atom stereocenters. The summed E-state index contributed by atoms with van der Waals surface area (Å²) in [7, 11) is 1.75. The van der Waals surface area contributed by atoms with Crippen LogP contribution in [0.5, 0.6) is 0 Å². The minimum Gasteiger partial charge on any atom is -0.300 e. The molecule has 0 saturated carbocycles. The van der Waals surface area contributed by atoms with E-state index in [1.54, 1.807) is 17.8 Å². The summed E-state index contributed by atoms with van der Waals surface area (Å²) in [4.78, 5) is 15.4. The largest absolute Gasteiger partial charge is 0.307 e. The monoisotopic (exact) mass is 192 g/mol. The molecule has 0 aliphatic carbocycles. The number of aromatic nitrogens is 2. The SMILES string of the molecule is Cn1c(-c2ccccn2)csc1=O. The summed E-state index contributed by atoms with van der Waals surface area (Å²) in [6, 6.07) is 5.65. The molecule has 2 aromatic heterocycles. The van der Waals surface area contributed by atoms with Crippen molar-refractivity contribution in [2.24, 2.45) is 7.05 Å². The summed E-state index contributed by atoms with van der Waals surface area (Å²) in [6.07, 6.45) is 1.72. The van der Waals surface area contributed by atoms with Gasteiger partial charge >= 0.3 is 4.87 Å². The normalized spacial score (nSPS) is 10.2. The molecule has 0 bridgehead atoms. The molecule has 0 aromatic carbocycles. The predicted molar refractivity (Wildman–Crippen MR) is 52.8 cm³/mol. The van der Waals surface area contributed by atoms with Gasteiger partial charge in [0, 0.05) is 18.6 Å². The van der Waals surface area contributed by atoms with Crippen molar-refractivity contribution >= 4 is 11.3 Å². The Morgan fingerprint density at radius 1 is 1.46 bits per heavy atom. The van der Waals surface area contributed by atoms with Gasteiger partial charge in [-0.1, -0.05) is 17.4 Å². The fraction of sp³-hybridized carbons (Fsp3) is 0.111. The van der Waals surface area contributed by atoms with Crippen molar-refractivity contribution in [2.75, 3.05) is 0 Å². The Kier molecular flexibility index (Phi) is 1.98. The first kappa shape index (κ1) is 8.19. The number of nitrogens with zero attached hydrogens (tertiary/aromatic N) is 2. The lowest BCUT2D eigenvalue weighted by Gasteiger charge is -1.98. The predicted octanol–water partition coefficient (Wildman–Crippen LogP) is 1.51. The molecule has 66 valence electrons. The fourth-order valence-electron chi connectivity index (χ4n) is 1.11. The van der Waals surface area contributed by atoms with Crippen molar-refractivity contribution in [2.45, 2.75) is 0 Å². The second-order valence-corrected chi connectivity index (χ2v) is 3.48. The zero-order valence-electron chi connectivity index (χ0n) is 7.10. The van der Waals surface area contributed by atoms with Gasteiger partial charge in [-0.3, -0.25) is 9.78 Å². The highest BCUT2D eigenvalue weighted by Gasteiger charge is 2.04. The second kappa shape index (κ2) is 3.14.